The van der Waals surface area contributed by atoms with Gasteiger partial charge in [0.1, 0.15) is 5.76 Å². The first-order chi connectivity index (χ1) is 8.67. The van der Waals surface area contributed by atoms with Crippen LogP contribution in [0.1, 0.15) is 24.2 Å². The molecule has 3 nitrogen and oxygen atoms in total. The topological polar surface area (TPSA) is 48.4 Å². The Balaban J connectivity index is 2.44. The Hall–Kier alpha value is -1.00. The molecule has 2 N–H and O–H groups in total. The van der Waals surface area contributed by atoms with Crippen LogP contribution in [0.5, 0.6) is 5.75 Å². The minimum atomic E-state index is 0.738. The van der Waals surface area contributed by atoms with Crippen molar-refractivity contribution < 1.29 is 9.15 Å². The number of rotatable bonds is 5. The van der Waals surface area contributed by atoms with Gasteiger partial charge < -0.3 is 14.9 Å². The van der Waals surface area contributed by atoms with E-state index in [-0.39, 0.29) is 0 Å². The third kappa shape index (κ3) is 2.54. The van der Waals surface area contributed by atoms with Crippen LogP contribution in [0.4, 0.5) is 0 Å². The number of furan rings is 1. The first-order valence-corrected chi connectivity index (χ1v) is 6.92. The highest BCUT2D eigenvalue weighted by atomic mass is 79.9. The SMILES string of the molecule is COc1cc(CCCCN)c(Br)c2cc(C)oc12. The van der Waals surface area contributed by atoms with E-state index >= 15 is 0 Å². The highest BCUT2D eigenvalue weighted by molar-refractivity contribution is 9.10. The molecule has 0 fully saturated rings. The molecular formula is C14H18BrNO2. The molecule has 0 aliphatic carbocycles. The van der Waals surface area contributed by atoms with Crippen molar-refractivity contribution >= 4 is 26.9 Å². The fourth-order valence-electron chi connectivity index (χ4n) is 2.11. The lowest BCUT2D eigenvalue weighted by atomic mass is 10.1. The Labute approximate surface area is 115 Å². The Morgan fingerprint density at radius 1 is 1.33 bits per heavy atom. The molecule has 1 aromatic heterocycles. The van der Waals surface area contributed by atoms with Gasteiger partial charge in [0, 0.05) is 9.86 Å². The van der Waals surface area contributed by atoms with Crippen LogP contribution in [0.2, 0.25) is 0 Å². The van der Waals surface area contributed by atoms with Crippen molar-refractivity contribution in [2.24, 2.45) is 5.73 Å². The summed E-state index contributed by atoms with van der Waals surface area (Å²) in [5.41, 5.74) is 7.58. The molecule has 0 saturated carbocycles. The van der Waals surface area contributed by atoms with Crippen LogP contribution in [0.25, 0.3) is 11.0 Å². The molecular weight excluding hydrogens is 294 g/mol. The summed E-state index contributed by atoms with van der Waals surface area (Å²) in [5.74, 6) is 1.69. The predicted molar refractivity (Wildman–Crippen MR) is 77.2 cm³/mol. The van der Waals surface area contributed by atoms with E-state index in [0.717, 1.165) is 52.8 Å². The van der Waals surface area contributed by atoms with Crippen LogP contribution in [0, 0.1) is 6.92 Å². The molecule has 18 heavy (non-hydrogen) atoms. The predicted octanol–water partition coefficient (Wildman–Crippen LogP) is 3.79. The standard InChI is InChI=1S/C14H18BrNO2/c1-9-7-11-13(15)10(5-3-4-6-16)8-12(17-2)14(11)18-9/h7-8H,3-6,16H2,1-2H3. The Kier molecular flexibility index (Phi) is 4.30. The number of halogens is 1. The molecule has 0 atom stereocenters. The van der Waals surface area contributed by atoms with E-state index in [2.05, 4.69) is 15.9 Å². The first-order valence-electron chi connectivity index (χ1n) is 6.13. The summed E-state index contributed by atoms with van der Waals surface area (Å²) in [6, 6.07) is 4.08. The largest absolute Gasteiger partial charge is 0.493 e. The number of unbranched alkanes of at least 4 members (excludes halogenated alkanes) is 1. The van der Waals surface area contributed by atoms with E-state index in [1.54, 1.807) is 7.11 Å². The summed E-state index contributed by atoms with van der Waals surface area (Å²) in [6.45, 7) is 2.68. The van der Waals surface area contributed by atoms with E-state index in [4.69, 9.17) is 14.9 Å². The normalized spacial score (nSPS) is 11.1. The van der Waals surface area contributed by atoms with Crippen molar-refractivity contribution in [3.05, 3.63) is 27.9 Å². The van der Waals surface area contributed by atoms with Crippen LogP contribution in [0.15, 0.2) is 21.0 Å². The Morgan fingerprint density at radius 2 is 2.11 bits per heavy atom. The fraction of sp³-hybridized carbons (Fsp3) is 0.429. The quantitative estimate of drug-likeness (QED) is 0.855. The Morgan fingerprint density at radius 3 is 2.78 bits per heavy atom. The number of hydrogen-bond acceptors (Lipinski definition) is 3. The van der Waals surface area contributed by atoms with E-state index in [1.165, 1.54) is 5.56 Å². The van der Waals surface area contributed by atoms with E-state index < -0.39 is 0 Å². The van der Waals surface area contributed by atoms with Gasteiger partial charge in [0.15, 0.2) is 11.3 Å². The summed E-state index contributed by atoms with van der Waals surface area (Å²) in [7, 11) is 1.67. The monoisotopic (exact) mass is 311 g/mol. The molecule has 4 heteroatoms. The summed E-state index contributed by atoms with van der Waals surface area (Å²) in [5, 5.41) is 1.08. The number of aryl methyl sites for hydroxylation is 2. The van der Waals surface area contributed by atoms with E-state index in [9.17, 15) is 0 Å². The minimum absolute atomic E-state index is 0.738. The molecule has 1 heterocycles. The molecule has 98 valence electrons. The van der Waals surface area contributed by atoms with Gasteiger partial charge in [0.2, 0.25) is 0 Å². The molecule has 0 amide bonds. The Bertz CT molecular complexity index is 548. The highest BCUT2D eigenvalue weighted by Crippen LogP contribution is 2.37. The molecule has 0 spiro atoms. The lowest BCUT2D eigenvalue weighted by molar-refractivity contribution is 0.408. The van der Waals surface area contributed by atoms with Crippen LogP contribution >= 0.6 is 15.9 Å². The van der Waals surface area contributed by atoms with Crippen molar-refractivity contribution in [3.8, 4) is 5.75 Å². The molecule has 0 radical (unpaired) electrons. The molecule has 0 aliphatic heterocycles. The second-order valence-electron chi connectivity index (χ2n) is 4.40. The lowest BCUT2D eigenvalue weighted by Crippen LogP contribution is -1.99. The average molecular weight is 312 g/mol. The summed E-state index contributed by atoms with van der Waals surface area (Å²) in [6.07, 6.45) is 3.12. The van der Waals surface area contributed by atoms with Crippen molar-refractivity contribution in [2.45, 2.75) is 26.2 Å². The third-order valence-electron chi connectivity index (χ3n) is 3.02. The third-order valence-corrected chi connectivity index (χ3v) is 3.96. The van der Waals surface area contributed by atoms with Crippen molar-refractivity contribution in [3.63, 3.8) is 0 Å². The van der Waals surface area contributed by atoms with Crippen molar-refractivity contribution in [1.29, 1.82) is 0 Å². The van der Waals surface area contributed by atoms with Crippen LogP contribution in [-0.4, -0.2) is 13.7 Å². The molecule has 0 aliphatic rings. The zero-order chi connectivity index (χ0) is 13.1. The van der Waals surface area contributed by atoms with E-state index in [1.807, 2.05) is 19.1 Å². The zero-order valence-electron chi connectivity index (χ0n) is 10.8. The van der Waals surface area contributed by atoms with Gasteiger partial charge in [-0.25, -0.2) is 0 Å². The minimum Gasteiger partial charge on any atom is -0.493 e. The van der Waals surface area contributed by atoms with Gasteiger partial charge in [0.05, 0.1) is 7.11 Å². The highest BCUT2D eigenvalue weighted by Gasteiger charge is 2.14. The summed E-state index contributed by atoms with van der Waals surface area (Å²) in [4.78, 5) is 0. The number of benzene rings is 1. The maximum atomic E-state index is 5.68. The first kappa shape index (κ1) is 13.4. The van der Waals surface area contributed by atoms with Gasteiger partial charge in [-0.15, -0.1) is 0 Å². The van der Waals surface area contributed by atoms with Crippen LogP contribution < -0.4 is 10.5 Å². The molecule has 1 aromatic carbocycles. The number of methoxy groups -OCH3 is 1. The molecule has 2 aromatic rings. The number of ether oxygens (including phenoxy) is 1. The average Bonchev–Trinajstić information content (AvgIpc) is 2.75. The van der Waals surface area contributed by atoms with Crippen molar-refractivity contribution in [2.75, 3.05) is 13.7 Å². The maximum Gasteiger partial charge on any atom is 0.177 e. The summed E-state index contributed by atoms with van der Waals surface area (Å²) < 4.78 is 12.2. The molecule has 0 saturated heterocycles. The summed E-state index contributed by atoms with van der Waals surface area (Å²) >= 11 is 3.66. The molecule has 0 bridgehead atoms. The smallest absolute Gasteiger partial charge is 0.177 e. The van der Waals surface area contributed by atoms with Gasteiger partial charge in [0.25, 0.3) is 0 Å². The van der Waals surface area contributed by atoms with Crippen molar-refractivity contribution in [1.82, 2.24) is 0 Å². The van der Waals surface area contributed by atoms with Gasteiger partial charge >= 0.3 is 0 Å². The zero-order valence-corrected chi connectivity index (χ0v) is 12.3. The van der Waals surface area contributed by atoms with Gasteiger partial charge in [-0.3, -0.25) is 0 Å². The lowest BCUT2D eigenvalue weighted by Gasteiger charge is -2.08. The van der Waals surface area contributed by atoms with Gasteiger partial charge in [-0.05, 0) is 66.4 Å². The van der Waals surface area contributed by atoms with Crippen LogP contribution in [0.3, 0.4) is 0 Å². The number of nitrogens with two attached hydrogens (primary N) is 1. The molecule has 0 unspecified atom stereocenters. The second kappa shape index (κ2) is 5.76. The molecule has 2 rings (SSSR count). The van der Waals surface area contributed by atoms with Gasteiger partial charge in [-0.2, -0.15) is 0 Å². The van der Waals surface area contributed by atoms with E-state index in [0.29, 0.717) is 0 Å². The second-order valence-corrected chi connectivity index (χ2v) is 5.19. The number of fused-ring (bicyclic) bond motifs is 1. The fourth-order valence-corrected chi connectivity index (χ4v) is 2.72. The van der Waals surface area contributed by atoms with Gasteiger partial charge in [-0.1, -0.05) is 0 Å². The number of hydrogen-bond donors (Lipinski definition) is 1. The van der Waals surface area contributed by atoms with Crippen LogP contribution in [-0.2, 0) is 6.42 Å². The maximum absolute atomic E-state index is 5.68.